The van der Waals surface area contributed by atoms with E-state index in [-0.39, 0.29) is 16.7 Å². The number of hydrogen-bond acceptors (Lipinski definition) is 4. The summed E-state index contributed by atoms with van der Waals surface area (Å²) in [7, 11) is 3.01. The van der Waals surface area contributed by atoms with Crippen LogP contribution in [0, 0.1) is 0 Å². The fraction of sp³-hybridized carbons (Fsp3) is 0.500. The summed E-state index contributed by atoms with van der Waals surface area (Å²) in [6.07, 6.45) is 0.763. The molecule has 0 aliphatic heterocycles. The van der Waals surface area contributed by atoms with E-state index < -0.39 is 0 Å². The molecule has 5 heteroatoms. The van der Waals surface area contributed by atoms with E-state index in [1.54, 1.807) is 6.07 Å². The second-order valence-electron chi connectivity index (χ2n) is 3.84. The van der Waals surface area contributed by atoms with Crippen molar-refractivity contribution in [1.29, 1.82) is 0 Å². The molecule has 96 valence electrons. The largest absolute Gasteiger partial charge is 0.506 e. The van der Waals surface area contributed by atoms with Crippen molar-refractivity contribution in [1.82, 2.24) is 0 Å². The van der Waals surface area contributed by atoms with Gasteiger partial charge >= 0.3 is 0 Å². The number of aromatic hydroxyl groups is 1. The molecule has 0 fully saturated rings. The standard InChI is InChI=1S/C12H18ClNO3/c1-7(4-5-14)8-6-9(16-2)12(17-3)10(13)11(8)15/h6-7,15H,4-5,14H2,1-3H3. The Labute approximate surface area is 106 Å². The molecule has 17 heavy (non-hydrogen) atoms. The molecule has 0 saturated carbocycles. The lowest BCUT2D eigenvalue weighted by Crippen LogP contribution is -2.05. The molecule has 0 saturated heterocycles. The Bertz CT molecular complexity index is 396. The van der Waals surface area contributed by atoms with Gasteiger partial charge in [-0.05, 0) is 24.9 Å². The monoisotopic (exact) mass is 259 g/mol. The van der Waals surface area contributed by atoms with Crippen molar-refractivity contribution in [3.05, 3.63) is 16.7 Å². The summed E-state index contributed by atoms with van der Waals surface area (Å²) in [6.45, 7) is 2.52. The van der Waals surface area contributed by atoms with Crippen LogP contribution in [0.25, 0.3) is 0 Å². The average Bonchev–Trinajstić information content (AvgIpc) is 2.32. The van der Waals surface area contributed by atoms with Crippen molar-refractivity contribution in [2.75, 3.05) is 20.8 Å². The number of ether oxygens (including phenoxy) is 2. The van der Waals surface area contributed by atoms with Crippen LogP contribution in [0.2, 0.25) is 5.02 Å². The van der Waals surface area contributed by atoms with Crippen LogP contribution in [0.1, 0.15) is 24.8 Å². The summed E-state index contributed by atoms with van der Waals surface area (Å²) < 4.78 is 10.3. The predicted molar refractivity (Wildman–Crippen MR) is 68.3 cm³/mol. The van der Waals surface area contributed by atoms with Crippen LogP contribution in [0.4, 0.5) is 0 Å². The number of hydrogen-bond donors (Lipinski definition) is 2. The highest BCUT2D eigenvalue weighted by atomic mass is 35.5. The van der Waals surface area contributed by atoms with Crippen LogP contribution in [0.15, 0.2) is 6.07 Å². The first-order valence-corrected chi connectivity index (χ1v) is 5.78. The Balaban J connectivity index is 3.28. The molecule has 0 heterocycles. The molecule has 1 unspecified atom stereocenters. The van der Waals surface area contributed by atoms with Gasteiger partial charge in [0.25, 0.3) is 0 Å². The van der Waals surface area contributed by atoms with Crippen LogP contribution in [0.3, 0.4) is 0 Å². The first-order valence-electron chi connectivity index (χ1n) is 5.40. The van der Waals surface area contributed by atoms with Gasteiger partial charge in [0.2, 0.25) is 0 Å². The molecule has 1 aromatic carbocycles. The maximum Gasteiger partial charge on any atom is 0.183 e. The van der Waals surface area contributed by atoms with E-state index in [1.807, 2.05) is 6.92 Å². The number of nitrogens with two attached hydrogens (primary N) is 1. The molecule has 0 aromatic heterocycles. The lowest BCUT2D eigenvalue weighted by atomic mass is 9.96. The smallest absolute Gasteiger partial charge is 0.183 e. The van der Waals surface area contributed by atoms with Crippen LogP contribution < -0.4 is 15.2 Å². The van der Waals surface area contributed by atoms with Crippen molar-refractivity contribution in [3.8, 4) is 17.2 Å². The van der Waals surface area contributed by atoms with Gasteiger partial charge in [-0.15, -0.1) is 0 Å². The third kappa shape index (κ3) is 2.76. The molecule has 4 nitrogen and oxygen atoms in total. The second-order valence-corrected chi connectivity index (χ2v) is 4.22. The van der Waals surface area contributed by atoms with E-state index >= 15 is 0 Å². The van der Waals surface area contributed by atoms with Gasteiger partial charge in [0, 0.05) is 5.56 Å². The zero-order chi connectivity index (χ0) is 13.0. The first-order chi connectivity index (χ1) is 8.06. The molecule has 1 rings (SSSR count). The number of phenols is 1. The van der Waals surface area contributed by atoms with Crippen molar-refractivity contribution < 1.29 is 14.6 Å². The van der Waals surface area contributed by atoms with Crippen LogP contribution >= 0.6 is 11.6 Å². The van der Waals surface area contributed by atoms with Gasteiger partial charge in [0.05, 0.1) is 14.2 Å². The van der Waals surface area contributed by atoms with Crippen LogP contribution in [-0.2, 0) is 0 Å². The number of phenolic OH excluding ortho intramolecular Hbond substituents is 1. The van der Waals surface area contributed by atoms with Crippen molar-refractivity contribution >= 4 is 11.6 Å². The van der Waals surface area contributed by atoms with E-state index in [1.165, 1.54) is 14.2 Å². The van der Waals surface area contributed by atoms with E-state index in [9.17, 15) is 5.11 Å². The van der Waals surface area contributed by atoms with Crippen LogP contribution in [0.5, 0.6) is 17.2 Å². The highest BCUT2D eigenvalue weighted by Crippen LogP contribution is 2.45. The normalized spacial score (nSPS) is 12.3. The zero-order valence-corrected chi connectivity index (χ0v) is 11.0. The lowest BCUT2D eigenvalue weighted by molar-refractivity contribution is 0.350. The summed E-state index contributed by atoms with van der Waals surface area (Å²) in [5.74, 6) is 0.993. The summed E-state index contributed by atoms with van der Waals surface area (Å²) in [4.78, 5) is 0. The van der Waals surface area contributed by atoms with E-state index in [0.717, 1.165) is 12.0 Å². The minimum absolute atomic E-state index is 0.0327. The maximum absolute atomic E-state index is 10.0. The molecule has 0 radical (unpaired) electrons. The minimum atomic E-state index is 0.0327. The highest BCUT2D eigenvalue weighted by Gasteiger charge is 2.20. The molecule has 1 atom stereocenters. The van der Waals surface area contributed by atoms with Gasteiger partial charge in [-0.2, -0.15) is 0 Å². The van der Waals surface area contributed by atoms with E-state index in [2.05, 4.69) is 0 Å². The molecule has 1 aromatic rings. The predicted octanol–water partition coefficient (Wildman–Crippen LogP) is 2.52. The van der Waals surface area contributed by atoms with Gasteiger partial charge in [-0.3, -0.25) is 0 Å². The number of benzene rings is 1. The van der Waals surface area contributed by atoms with Gasteiger partial charge in [-0.25, -0.2) is 0 Å². The fourth-order valence-corrected chi connectivity index (χ4v) is 2.02. The van der Waals surface area contributed by atoms with Crippen molar-refractivity contribution in [2.24, 2.45) is 5.73 Å². The number of rotatable bonds is 5. The van der Waals surface area contributed by atoms with E-state index in [4.69, 9.17) is 26.8 Å². The number of methoxy groups -OCH3 is 2. The Kier molecular flexibility index (Phi) is 4.90. The Morgan fingerprint density at radius 2 is 2.06 bits per heavy atom. The van der Waals surface area contributed by atoms with E-state index in [0.29, 0.717) is 18.0 Å². The molecular formula is C12H18ClNO3. The summed E-state index contributed by atoms with van der Waals surface area (Å²) in [5.41, 5.74) is 6.23. The Morgan fingerprint density at radius 3 is 2.53 bits per heavy atom. The van der Waals surface area contributed by atoms with Crippen molar-refractivity contribution in [3.63, 3.8) is 0 Å². The Hall–Kier alpha value is -1.13. The minimum Gasteiger partial charge on any atom is -0.506 e. The topological polar surface area (TPSA) is 64.7 Å². The molecule has 0 bridgehead atoms. The summed E-state index contributed by atoms with van der Waals surface area (Å²) in [6, 6.07) is 1.74. The average molecular weight is 260 g/mol. The molecule has 0 spiro atoms. The highest BCUT2D eigenvalue weighted by molar-refractivity contribution is 6.33. The quantitative estimate of drug-likeness (QED) is 0.853. The zero-order valence-electron chi connectivity index (χ0n) is 10.3. The van der Waals surface area contributed by atoms with Crippen LogP contribution in [-0.4, -0.2) is 25.9 Å². The SMILES string of the molecule is COc1cc(C(C)CCN)c(O)c(Cl)c1OC. The third-order valence-corrected chi connectivity index (χ3v) is 3.10. The first kappa shape index (κ1) is 13.9. The second kappa shape index (κ2) is 5.98. The third-order valence-electron chi connectivity index (χ3n) is 2.75. The summed E-state index contributed by atoms with van der Waals surface area (Å²) in [5, 5.41) is 10.2. The van der Waals surface area contributed by atoms with Crippen molar-refractivity contribution in [2.45, 2.75) is 19.3 Å². The summed E-state index contributed by atoms with van der Waals surface area (Å²) >= 11 is 6.04. The molecule has 0 aliphatic rings. The lowest BCUT2D eigenvalue weighted by Gasteiger charge is -2.17. The fourth-order valence-electron chi connectivity index (χ4n) is 1.74. The molecule has 0 amide bonds. The van der Waals surface area contributed by atoms with Gasteiger partial charge in [0.1, 0.15) is 10.8 Å². The molecule has 0 aliphatic carbocycles. The van der Waals surface area contributed by atoms with Gasteiger partial charge in [0.15, 0.2) is 11.5 Å². The Morgan fingerprint density at radius 1 is 1.41 bits per heavy atom. The van der Waals surface area contributed by atoms with Gasteiger partial charge < -0.3 is 20.3 Å². The maximum atomic E-state index is 10.0. The molecule has 3 N–H and O–H groups in total. The number of halogens is 1. The molecular weight excluding hydrogens is 242 g/mol. The van der Waals surface area contributed by atoms with Gasteiger partial charge in [-0.1, -0.05) is 18.5 Å².